The summed E-state index contributed by atoms with van der Waals surface area (Å²) in [6.07, 6.45) is 9.72. The molecule has 0 amide bonds. The largest absolute Gasteiger partial charge is 0.0822 e. The minimum atomic E-state index is 0.736. The van der Waals surface area contributed by atoms with Gasteiger partial charge in [0.05, 0.1) is 7.85 Å². The first-order valence-corrected chi connectivity index (χ1v) is 5.01. The third-order valence-corrected chi connectivity index (χ3v) is 3.79. The second kappa shape index (κ2) is 2.28. The van der Waals surface area contributed by atoms with Crippen LogP contribution in [0.15, 0.2) is 23.3 Å². The van der Waals surface area contributed by atoms with Crippen LogP contribution in [-0.4, -0.2) is 7.85 Å². The van der Waals surface area contributed by atoms with Gasteiger partial charge >= 0.3 is 0 Å². The van der Waals surface area contributed by atoms with Gasteiger partial charge in [-0.1, -0.05) is 29.6 Å². The van der Waals surface area contributed by atoms with E-state index in [1.165, 1.54) is 19.3 Å². The van der Waals surface area contributed by atoms with Crippen molar-refractivity contribution >= 4 is 7.85 Å². The van der Waals surface area contributed by atoms with Gasteiger partial charge < -0.3 is 0 Å². The van der Waals surface area contributed by atoms with Crippen molar-refractivity contribution in [3.63, 3.8) is 0 Å². The van der Waals surface area contributed by atoms with E-state index in [9.17, 15) is 0 Å². The van der Waals surface area contributed by atoms with Crippen LogP contribution < -0.4 is 0 Å². The predicted octanol–water partition coefficient (Wildman–Crippen LogP) is 2.49. The van der Waals surface area contributed by atoms with Gasteiger partial charge in [0, 0.05) is 0 Å². The average molecular weight is 156 g/mol. The molecule has 0 saturated heterocycles. The standard InChI is InChI=1S/C11H13B/c12-6-9-3-4-10-7-1-2-8(5-7)11(9)10/h1-2,7-9H,3-6H2. The van der Waals surface area contributed by atoms with Crippen LogP contribution in [0.4, 0.5) is 0 Å². The Morgan fingerprint density at radius 1 is 1.33 bits per heavy atom. The van der Waals surface area contributed by atoms with E-state index in [1.807, 2.05) is 0 Å². The molecule has 2 bridgehead atoms. The molecular weight excluding hydrogens is 143 g/mol. The zero-order valence-corrected chi connectivity index (χ0v) is 7.29. The highest BCUT2D eigenvalue weighted by atomic mass is 14.4. The molecule has 1 heteroatoms. The summed E-state index contributed by atoms with van der Waals surface area (Å²) in [7, 11) is 5.76. The molecule has 12 heavy (non-hydrogen) atoms. The second-order valence-electron chi connectivity index (χ2n) is 4.29. The SMILES string of the molecule is [B]CC1CCC2=C1C1C=CC2C1. The lowest BCUT2D eigenvalue weighted by Crippen LogP contribution is -2.04. The minimum absolute atomic E-state index is 0.736. The van der Waals surface area contributed by atoms with Gasteiger partial charge in [0.1, 0.15) is 0 Å². The van der Waals surface area contributed by atoms with E-state index in [0.717, 1.165) is 24.1 Å². The molecule has 0 aromatic carbocycles. The first-order chi connectivity index (χ1) is 5.90. The molecule has 0 saturated carbocycles. The van der Waals surface area contributed by atoms with E-state index in [2.05, 4.69) is 12.2 Å². The molecular formula is C11H13B. The summed E-state index contributed by atoms with van der Waals surface area (Å²) in [5, 5.41) is 0. The number of hydrogen-bond donors (Lipinski definition) is 0. The molecule has 0 aliphatic heterocycles. The van der Waals surface area contributed by atoms with Crippen LogP contribution in [0.2, 0.25) is 6.32 Å². The quantitative estimate of drug-likeness (QED) is 0.404. The molecule has 3 unspecified atom stereocenters. The molecule has 0 heterocycles. The Morgan fingerprint density at radius 3 is 3.00 bits per heavy atom. The van der Waals surface area contributed by atoms with Crippen molar-refractivity contribution in [2.45, 2.75) is 25.6 Å². The fourth-order valence-corrected chi connectivity index (χ4v) is 3.26. The zero-order valence-electron chi connectivity index (χ0n) is 7.29. The normalized spacial score (nSPS) is 42.8. The molecule has 0 nitrogen and oxygen atoms in total. The third-order valence-electron chi connectivity index (χ3n) is 3.79. The topological polar surface area (TPSA) is 0 Å². The lowest BCUT2D eigenvalue weighted by Gasteiger charge is -2.15. The summed E-state index contributed by atoms with van der Waals surface area (Å²) in [5.41, 5.74) is 3.50. The third kappa shape index (κ3) is 0.700. The Morgan fingerprint density at radius 2 is 2.17 bits per heavy atom. The fraction of sp³-hybridized carbons (Fsp3) is 0.636. The van der Waals surface area contributed by atoms with Gasteiger partial charge in [-0.05, 0) is 37.0 Å². The summed E-state index contributed by atoms with van der Waals surface area (Å²) in [4.78, 5) is 0. The van der Waals surface area contributed by atoms with Crippen LogP contribution in [0.5, 0.6) is 0 Å². The molecule has 60 valence electrons. The van der Waals surface area contributed by atoms with Gasteiger partial charge in [-0.2, -0.15) is 0 Å². The van der Waals surface area contributed by atoms with Crippen molar-refractivity contribution in [3.05, 3.63) is 23.3 Å². The molecule has 0 spiro atoms. The van der Waals surface area contributed by atoms with Crippen molar-refractivity contribution in [2.75, 3.05) is 0 Å². The van der Waals surface area contributed by atoms with Crippen molar-refractivity contribution in [2.24, 2.45) is 17.8 Å². The Hall–Kier alpha value is -0.455. The highest BCUT2D eigenvalue weighted by Gasteiger charge is 2.40. The molecule has 0 aromatic heterocycles. The molecule has 3 aliphatic rings. The van der Waals surface area contributed by atoms with Gasteiger partial charge in [0.25, 0.3) is 0 Å². The Kier molecular flexibility index (Phi) is 1.33. The van der Waals surface area contributed by atoms with Crippen molar-refractivity contribution in [3.8, 4) is 0 Å². The molecule has 3 rings (SSSR count). The van der Waals surface area contributed by atoms with E-state index in [-0.39, 0.29) is 0 Å². The predicted molar refractivity (Wildman–Crippen MR) is 51.0 cm³/mol. The van der Waals surface area contributed by atoms with Crippen molar-refractivity contribution in [1.82, 2.24) is 0 Å². The zero-order chi connectivity index (χ0) is 8.13. The summed E-state index contributed by atoms with van der Waals surface area (Å²) in [6.45, 7) is 0. The van der Waals surface area contributed by atoms with E-state index < -0.39 is 0 Å². The Balaban J connectivity index is 1.99. The molecule has 2 radical (unpaired) electrons. The monoisotopic (exact) mass is 156 g/mol. The van der Waals surface area contributed by atoms with Crippen LogP contribution in [0.3, 0.4) is 0 Å². The van der Waals surface area contributed by atoms with E-state index in [1.54, 1.807) is 11.1 Å². The Labute approximate surface area is 75.1 Å². The van der Waals surface area contributed by atoms with Gasteiger partial charge in [-0.25, -0.2) is 0 Å². The summed E-state index contributed by atoms with van der Waals surface area (Å²) < 4.78 is 0. The van der Waals surface area contributed by atoms with Gasteiger partial charge in [-0.3, -0.25) is 0 Å². The molecule has 0 aromatic rings. The van der Waals surface area contributed by atoms with Gasteiger partial charge in [0.15, 0.2) is 0 Å². The van der Waals surface area contributed by atoms with Crippen molar-refractivity contribution < 1.29 is 0 Å². The molecule has 0 N–H and O–H groups in total. The summed E-state index contributed by atoms with van der Waals surface area (Å²) in [5.74, 6) is 2.35. The number of hydrogen-bond acceptors (Lipinski definition) is 0. The van der Waals surface area contributed by atoms with Crippen LogP contribution in [0, 0.1) is 17.8 Å². The number of allylic oxidation sites excluding steroid dienone is 4. The number of rotatable bonds is 1. The Bertz CT molecular complexity index is 275. The van der Waals surface area contributed by atoms with Crippen LogP contribution in [0.1, 0.15) is 19.3 Å². The highest BCUT2D eigenvalue weighted by Crippen LogP contribution is 2.53. The lowest BCUT2D eigenvalue weighted by molar-refractivity contribution is 0.564. The summed E-state index contributed by atoms with van der Waals surface area (Å²) in [6, 6.07) is 0. The van der Waals surface area contributed by atoms with E-state index in [0.29, 0.717) is 0 Å². The maximum Gasteiger partial charge on any atom is 0.0661 e. The first kappa shape index (κ1) is 7.00. The van der Waals surface area contributed by atoms with Crippen molar-refractivity contribution in [1.29, 1.82) is 0 Å². The van der Waals surface area contributed by atoms with Gasteiger partial charge in [-0.15, -0.1) is 0 Å². The second-order valence-corrected chi connectivity index (χ2v) is 4.29. The first-order valence-electron chi connectivity index (χ1n) is 5.01. The van der Waals surface area contributed by atoms with Crippen LogP contribution >= 0.6 is 0 Å². The smallest absolute Gasteiger partial charge is 0.0661 e. The highest BCUT2D eigenvalue weighted by molar-refractivity contribution is 6.08. The lowest BCUT2D eigenvalue weighted by atomic mass is 9.82. The average Bonchev–Trinajstić information content (AvgIpc) is 2.76. The minimum Gasteiger partial charge on any atom is -0.0822 e. The fourth-order valence-electron chi connectivity index (χ4n) is 3.26. The van der Waals surface area contributed by atoms with Crippen LogP contribution in [0.25, 0.3) is 0 Å². The van der Waals surface area contributed by atoms with Gasteiger partial charge in [0.2, 0.25) is 0 Å². The molecule has 3 aliphatic carbocycles. The molecule has 0 fully saturated rings. The maximum absolute atomic E-state index is 5.76. The van der Waals surface area contributed by atoms with Crippen LogP contribution in [-0.2, 0) is 0 Å². The summed E-state index contributed by atoms with van der Waals surface area (Å²) >= 11 is 0. The van der Waals surface area contributed by atoms with E-state index in [4.69, 9.17) is 7.85 Å². The maximum atomic E-state index is 5.76. The number of fused-ring (bicyclic) bond motifs is 4. The van der Waals surface area contributed by atoms with E-state index >= 15 is 0 Å². The molecule has 3 atom stereocenters.